The SMILES string of the molecule is CC(C)[C@H](C)NC(=O)COC(=O)c1ccc2c(c1Cl)C(=O)c1ccccc1C2=O. The van der Waals surface area contributed by atoms with Crippen LogP contribution in [0.3, 0.4) is 0 Å². The molecule has 150 valence electrons. The minimum Gasteiger partial charge on any atom is -0.452 e. The number of rotatable bonds is 5. The summed E-state index contributed by atoms with van der Waals surface area (Å²) >= 11 is 6.32. The number of nitrogens with one attached hydrogen (secondary N) is 1. The number of halogens is 1. The summed E-state index contributed by atoms with van der Waals surface area (Å²) in [5.41, 5.74) is 0.573. The fourth-order valence-corrected chi connectivity index (χ4v) is 3.30. The molecule has 1 N–H and O–H groups in total. The number of hydrogen-bond donors (Lipinski definition) is 1. The molecule has 6 nitrogen and oxygen atoms in total. The van der Waals surface area contributed by atoms with Crippen LogP contribution in [0.15, 0.2) is 36.4 Å². The van der Waals surface area contributed by atoms with Crippen LogP contribution in [0.25, 0.3) is 0 Å². The molecule has 1 amide bonds. The number of fused-ring (bicyclic) bond motifs is 2. The van der Waals surface area contributed by atoms with Crippen LogP contribution in [0.5, 0.6) is 0 Å². The Bertz CT molecular complexity index is 1030. The van der Waals surface area contributed by atoms with E-state index in [-0.39, 0.29) is 45.0 Å². The van der Waals surface area contributed by atoms with Crippen molar-refractivity contribution in [1.82, 2.24) is 5.32 Å². The van der Waals surface area contributed by atoms with Crippen LogP contribution < -0.4 is 5.32 Å². The molecule has 1 atom stereocenters. The van der Waals surface area contributed by atoms with Gasteiger partial charge < -0.3 is 10.1 Å². The second-order valence-electron chi connectivity index (χ2n) is 7.23. The van der Waals surface area contributed by atoms with Crippen LogP contribution in [0.4, 0.5) is 0 Å². The van der Waals surface area contributed by atoms with E-state index in [2.05, 4.69) is 5.32 Å². The smallest absolute Gasteiger partial charge is 0.340 e. The quantitative estimate of drug-likeness (QED) is 0.647. The third-order valence-corrected chi connectivity index (χ3v) is 5.37. The minimum absolute atomic E-state index is 0.0253. The summed E-state index contributed by atoms with van der Waals surface area (Å²) in [6.07, 6.45) is 0. The van der Waals surface area contributed by atoms with Crippen LogP contribution in [0.2, 0.25) is 5.02 Å². The highest BCUT2D eigenvalue weighted by Gasteiger charge is 2.33. The van der Waals surface area contributed by atoms with E-state index in [0.717, 1.165) is 0 Å². The lowest BCUT2D eigenvalue weighted by Crippen LogP contribution is -2.38. The third-order valence-electron chi connectivity index (χ3n) is 4.97. The van der Waals surface area contributed by atoms with Crippen molar-refractivity contribution in [2.24, 2.45) is 5.92 Å². The van der Waals surface area contributed by atoms with Crippen molar-refractivity contribution in [3.05, 3.63) is 69.2 Å². The maximum Gasteiger partial charge on any atom is 0.340 e. The first kappa shape index (κ1) is 20.7. The lowest BCUT2D eigenvalue weighted by molar-refractivity contribution is -0.125. The maximum absolute atomic E-state index is 12.8. The van der Waals surface area contributed by atoms with Crippen molar-refractivity contribution < 1.29 is 23.9 Å². The van der Waals surface area contributed by atoms with Crippen molar-refractivity contribution in [2.75, 3.05) is 6.61 Å². The Balaban J connectivity index is 1.82. The number of ketones is 2. The highest BCUT2D eigenvalue weighted by Crippen LogP contribution is 2.34. The van der Waals surface area contributed by atoms with Gasteiger partial charge in [0.15, 0.2) is 18.2 Å². The molecule has 29 heavy (non-hydrogen) atoms. The second-order valence-corrected chi connectivity index (χ2v) is 7.61. The third kappa shape index (κ3) is 3.93. The Morgan fingerprint density at radius 3 is 2.21 bits per heavy atom. The van der Waals surface area contributed by atoms with Crippen LogP contribution >= 0.6 is 11.6 Å². The average molecular weight is 414 g/mol. The first-order valence-corrected chi connectivity index (χ1v) is 9.57. The van der Waals surface area contributed by atoms with Gasteiger partial charge in [-0.15, -0.1) is 0 Å². The Labute approximate surface area is 173 Å². The summed E-state index contributed by atoms with van der Waals surface area (Å²) in [5.74, 6) is -1.81. The van der Waals surface area contributed by atoms with Crippen molar-refractivity contribution >= 4 is 35.0 Å². The molecule has 0 radical (unpaired) electrons. The number of benzene rings is 2. The summed E-state index contributed by atoms with van der Waals surface area (Å²) in [5, 5.41) is 2.57. The summed E-state index contributed by atoms with van der Waals surface area (Å²) in [7, 11) is 0. The van der Waals surface area contributed by atoms with Gasteiger partial charge in [-0.3, -0.25) is 14.4 Å². The zero-order chi connectivity index (χ0) is 21.3. The number of esters is 1. The summed E-state index contributed by atoms with van der Waals surface area (Å²) < 4.78 is 5.04. The highest BCUT2D eigenvalue weighted by molar-refractivity contribution is 6.41. The fraction of sp³-hybridized carbons (Fsp3) is 0.273. The summed E-state index contributed by atoms with van der Waals surface area (Å²) in [4.78, 5) is 49.9. The van der Waals surface area contributed by atoms with Gasteiger partial charge in [0.1, 0.15) is 0 Å². The zero-order valence-corrected chi connectivity index (χ0v) is 17.0. The molecule has 0 bridgehead atoms. The molecule has 2 aromatic rings. The fourth-order valence-electron chi connectivity index (χ4n) is 2.97. The molecule has 0 spiro atoms. The normalized spacial score (nSPS) is 13.6. The number of hydrogen-bond acceptors (Lipinski definition) is 5. The van der Waals surface area contributed by atoms with Crippen LogP contribution in [0.1, 0.15) is 63.0 Å². The van der Waals surface area contributed by atoms with Crippen LogP contribution in [-0.2, 0) is 9.53 Å². The van der Waals surface area contributed by atoms with E-state index < -0.39 is 24.3 Å². The lowest BCUT2D eigenvalue weighted by Gasteiger charge is -2.20. The predicted octanol–water partition coefficient (Wildman–Crippen LogP) is 3.43. The standard InChI is InChI=1S/C22H20ClNO5/c1-11(2)12(3)24-17(25)10-29-22(28)16-9-8-15-18(19(16)23)21(27)14-7-5-4-6-13(14)20(15)26/h4-9,11-12H,10H2,1-3H3,(H,24,25)/t12-/m0/s1. The van der Waals surface area contributed by atoms with Crippen molar-refractivity contribution in [1.29, 1.82) is 0 Å². The Kier molecular flexibility index (Phi) is 5.84. The molecule has 7 heteroatoms. The highest BCUT2D eigenvalue weighted by atomic mass is 35.5. The van der Waals surface area contributed by atoms with Crippen molar-refractivity contribution in [2.45, 2.75) is 26.8 Å². The van der Waals surface area contributed by atoms with E-state index in [1.54, 1.807) is 24.3 Å². The molecule has 0 aromatic heterocycles. The predicted molar refractivity (Wildman–Crippen MR) is 107 cm³/mol. The second kappa shape index (κ2) is 8.17. The first-order chi connectivity index (χ1) is 13.7. The van der Waals surface area contributed by atoms with Gasteiger partial charge >= 0.3 is 5.97 Å². The number of ether oxygens (including phenoxy) is 1. The minimum atomic E-state index is -0.843. The van der Waals surface area contributed by atoms with E-state index in [4.69, 9.17) is 16.3 Å². The van der Waals surface area contributed by atoms with Crippen LogP contribution in [0, 0.1) is 5.92 Å². The zero-order valence-electron chi connectivity index (χ0n) is 16.2. The van der Waals surface area contributed by atoms with Crippen molar-refractivity contribution in [3.63, 3.8) is 0 Å². The molecule has 0 fully saturated rings. The largest absolute Gasteiger partial charge is 0.452 e. The van der Waals surface area contributed by atoms with E-state index >= 15 is 0 Å². The molecule has 3 rings (SSSR count). The van der Waals surface area contributed by atoms with Gasteiger partial charge in [0.2, 0.25) is 0 Å². The molecular weight excluding hydrogens is 394 g/mol. The van der Waals surface area contributed by atoms with E-state index in [1.807, 2.05) is 20.8 Å². The van der Waals surface area contributed by atoms with Gasteiger partial charge in [-0.05, 0) is 25.0 Å². The molecule has 0 unspecified atom stereocenters. The Hall–Kier alpha value is -2.99. The van der Waals surface area contributed by atoms with Crippen molar-refractivity contribution in [3.8, 4) is 0 Å². The topological polar surface area (TPSA) is 89.5 Å². The molecule has 2 aromatic carbocycles. The molecule has 0 heterocycles. The van der Waals surface area contributed by atoms with E-state index in [1.165, 1.54) is 12.1 Å². The molecule has 1 aliphatic carbocycles. The maximum atomic E-state index is 12.8. The molecule has 0 saturated heterocycles. The number of carbonyl (C=O) groups excluding carboxylic acids is 4. The summed E-state index contributed by atoms with van der Waals surface area (Å²) in [6, 6.07) is 9.08. The van der Waals surface area contributed by atoms with Gasteiger partial charge in [-0.1, -0.05) is 49.7 Å². The average Bonchev–Trinajstić information content (AvgIpc) is 2.70. The first-order valence-electron chi connectivity index (χ1n) is 9.19. The van der Waals surface area contributed by atoms with Gasteiger partial charge in [0, 0.05) is 22.7 Å². The number of carbonyl (C=O) groups is 4. The number of amides is 1. The summed E-state index contributed by atoms with van der Waals surface area (Å²) in [6.45, 7) is 5.30. The van der Waals surface area contributed by atoms with Gasteiger partial charge in [-0.2, -0.15) is 0 Å². The lowest BCUT2D eigenvalue weighted by atomic mass is 9.83. The monoisotopic (exact) mass is 413 g/mol. The molecule has 0 saturated carbocycles. The van der Waals surface area contributed by atoms with E-state index in [0.29, 0.717) is 5.56 Å². The Morgan fingerprint density at radius 1 is 0.966 bits per heavy atom. The van der Waals surface area contributed by atoms with Gasteiger partial charge in [0.05, 0.1) is 16.1 Å². The molecule has 0 aliphatic heterocycles. The Morgan fingerprint density at radius 2 is 1.59 bits per heavy atom. The van der Waals surface area contributed by atoms with Gasteiger partial charge in [0.25, 0.3) is 5.91 Å². The molecular formula is C22H20ClNO5. The van der Waals surface area contributed by atoms with E-state index in [9.17, 15) is 19.2 Å². The molecule has 1 aliphatic rings. The van der Waals surface area contributed by atoms with Gasteiger partial charge in [-0.25, -0.2) is 4.79 Å². The van der Waals surface area contributed by atoms with Crippen LogP contribution in [-0.4, -0.2) is 36.1 Å².